The second kappa shape index (κ2) is 10.2. The van der Waals surface area contributed by atoms with Gasteiger partial charge in [-0.15, -0.1) is 16.4 Å². The van der Waals surface area contributed by atoms with Crippen LogP contribution in [0.1, 0.15) is 23.3 Å². The van der Waals surface area contributed by atoms with E-state index in [0.717, 1.165) is 39.3 Å². The van der Waals surface area contributed by atoms with Crippen LogP contribution in [0.15, 0.2) is 17.2 Å². The van der Waals surface area contributed by atoms with Gasteiger partial charge >= 0.3 is 0 Å². The van der Waals surface area contributed by atoms with Crippen LogP contribution >= 0.6 is 23.3 Å². The zero-order chi connectivity index (χ0) is 21.7. The Morgan fingerprint density at radius 2 is 2.20 bits per heavy atom. The Balaban J connectivity index is 1.89. The number of thioether (sulfide) groups is 1. The van der Waals surface area contributed by atoms with Gasteiger partial charge in [0, 0.05) is 42.4 Å². The molecule has 3 aromatic rings. The molecule has 0 bridgehead atoms. The molecule has 0 fully saturated rings. The maximum Gasteiger partial charge on any atom is 0.246 e. The summed E-state index contributed by atoms with van der Waals surface area (Å²) in [6, 6.07) is 1.91. The van der Waals surface area contributed by atoms with Crippen LogP contribution in [0.3, 0.4) is 0 Å². The van der Waals surface area contributed by atoms with Gasteiger partial charge in [0.1, 0.15) is 11.8 Å². The molecule has 0 amide bonds. The number of pyridine rings is 1. The molecule has 0 unspecified atom stereocenters. The van der Waals surface area contributed by atoms with Crippen LogP contribution in [-0.4, -0.2) is 55.7 Å². The Labute approximate surface area is 182 Å². The first-order valence-corrected chi connectivity index (χ1v) is 10.9. The lowest BCUT2D eigenvalue weighted by Gasteiger charge is -2.11. The first-order chi connectivity index (χ1) is 14.4. The molecule has 10 nitrogen and oxygen atoms in total. The Kier molecular flexibility index (Phi) is 7.61. The SMILES string of the molecule is COCCSc1cnc(Nc2nc([C@H](O)CO)ns2)c(Oc2c(C)[nH][n+](C)c2C)c1. The molecular weight excluding hydrogens is 428 g/mol. The van der Waals surface area contributed by atoms with Crippen LogP contribution in [0.5, 0.6) is 11.5 Å². The number of aliphatic hydroxyl groups excluding tert-OH is 2. The number of ether oxygens (including phenoxy) is 2. The van der Waals surface area contributed by atoms with Gasteiger partial charge in [0.2, 0.25) is 16.6 Å². The quantitative estimate of drug-likeness (QED) is 0.207. The maximum atomic E-state index is 9.71. The molecule has 0 saturated heterocycles. The van der Waals surface area contributed by atoms with Crippen molar-refractivity contribution in [3.8, 4) is 11.5 Å². The number of rotatable bonds is 10. The lowest BCUT2D eigenvalue weighted by molar-refractivity contribution is -0.732. The first kappa shape index (κ1) is 22.4. The van der Waals surface area contributed by atoms with E-state index in [1.165, 1.54) is 0 Å². The Morgan fingerprint density at radius 1 is 1.40 bits per heavy atom. The number of aliphatic hydroxyl groups is 2. The van der Waals surface area contributed by atoms with Crippen molar-refractivity contribution >= 4 is 34.2 Å². The van der Waals surface area contributed by atoms with Crippen molar-refractivity contribution in [2.24, 2.45) is 7.05 Å². The van der Waals surface area contributed by atoms with Crippen LogP contribution < -0.4 is 14.7 Å². The number of nitrogens with zero attached hydrogens (tertiary/aromatic N) is 4. The summed E-state index contributed by atoms with van der Waals surface area (Å²) in [7, 11) is 3.58. The van der Waals surface area contributed by atoms with Gasteiger partial charge in [0.15, 0.2) is 24.4 Å². The molecule has 3 rings (SSSR count). The summed E-state index contributed by atoms with van der Waals surface area (Å²) in [6.45, 7) is 4.09. The summed E-state index contributed by atoms with van der Waals surface area (Å²) in [5, 5.41) is 25.5. The molecule has 0 aliphatic heterocycles. The standard InChI is InChI=1S/C18H24N6O4S2/c1-10-15(11(2)24(3)22-10)28-14-7-12(29-6-5-27-4)8-19-17(14)21-18-20-16(23-30-18)13(26)9-25/h7-8,13,25-26H,5-6,9H2,1-4H3,(H,19,20,21,23)/p+1/t13-/m1/s1. The fourth-order valence-corrected chi connectivity index (χ4v) is 4.02. The van der Waals surface area contributed by atoms with E-state index in [4.69, 9.17) is 14.6 Å². The molecule has 12 heteroatoms. The summed E-state index contributed by atoms with van der Waals surface area (Å²) in [5.74, 6) is 2.66. The third-order valence-corrected chi connectivity index (χ3v) is 5.81. The largest absolute Gasteiger partial charge is 0.445 e. The second-order valence-electron chi connectivity index (χ2n) is 6.45. The average molecular weight is 454 g/mol. The smallest absolute Gasteiger partial charge is 0.246 e. The van der Waals surface area contributed by atoms with E-state index >= 15 is 0 Å². The third-order valence-electron chi connectivity index (χ3n) is 4.24. The number of hydrogen-bond donors (Lipinski definition) is 4. The van der Waals surface area contributed by atoms with Crippen molar-refractivity contribution in [2.75, 3.05) is 31.4 Å². The van der Waals surface area contributed by atoms with E-state index in [1.807, 2.05) is 31.6 Å². The molecular formula is C18H25N6O4S2+. The number of aryl methyl sites for hydroxylation is 2. The van der Waals surface area contributed by atoms with Crippen LogP contribution in [0.4, 0.5) is 10.9 Å². The van der Waals surface area contributed by atoms with Gasteiger partial charge < -0.3 is 25.0 Å². The Hall–Kier alpha value is -2.25. The van der Waals surface area contributed by atoms with E-state index in [-0.39, 0.29) is 5.82 Å². The van der Waals surface area contributed by atoms with Crippen LogP contribution in [-0.2, 0) is 11.8 Å². The predicted octanol–water partition coefficient (Wildman–Crippen LogP) is 2.00. The number of nitrogens with one attached hydrogen (secondary N) is 2. The lowest BCUT2D eigenvalue weighted by Crippen LogP contribution is -2.32. The van der Waals surface area contributed by atoms with E-state index in [9.17, 15) is 5.11 Å². The number of hydrogen-bond acceptors (Lipinski definition) is 10. The minimum atomic E-state index is -1.12. The van der Waals surface area contributed by atoms with Gasteiger partial charge in [-0.05, 0) is 13.0 Å². The summed E-state index contributed by atoms with van der Waals surface area (Å²) >= 11 is 2.68. The molecule has 0 saturated carbocycles. The normalized spacial score (nSPS) is 12.2. The zero-order valence-corrected chi connectivity index (χ0v) is 18.8. The fraction of sp³-hybridized carbons (Fsp3) is 0.444. The molecule has 3 heterocycles. The molecule has 0 aliphatic rings. The van der Waals surface area contributed by atoms with Crippen molar-refractivity contribution in [1.29, 1.82) is 0 Å². The summed E-state index contributed by atoms with van der Waals surface area (Å²) in [5.41, 5.74) is 1.84. The van der Waals surface area contributed by atoms with Crippen LogP contribution in [0.2, 0.25) is 0 Å². The number of aromatic amines is 1. The van der Waals surface area contributed by atoms with Gasteiger partial charge in [0.25, 0.3) is 0 Å². The van der Waals surface area contributed by atoms with E-state index in [0.29, 0.717) is 23.3 Å². The molecule has 3 aromatic heterocycles. The van der Waals surface area contributed by atoms with Crippen molar-refractivity contribution < 1.29 is 24.4 Å². The van der Waals surface area contributed by atoms with Gasteiger partial charge in [-0.2, -0.15) is 9.47 Å². The molecule has 162 valence electrons. The first-order valence-electron chi connectivity index (χ1n) is 9.17. The molecule has 0 aromatic carbocycles. The van der Waals surface area contributed by atoms with Crippen molar-refractivity contribution in [3.63, 3.8) is 0 Å². The average Bonchev–Trinajstić information content (AvgIpc) is 3.29. The van der Waals surface area contributed by atoms with Gasteiger partial charge in [-0.1, -0.05) is 0 Å². The molecule has 0 aliphatic carbocycles. The topological polar surface area (TPSA) is 129 Å². The summed E-state index contributed by atoms with van der Waals surface area (Å²) in [6.07, 6.45) is 0.627. The van der Waals surface area contributed by atoms with Gasteiger partial charge in [-0.3, -0.25) is 0 Å². The minimum absolute atomic E-state index is 0.156. The minimum Gasteiger partial charge on any atom is -0.445 e. The predicted molar refractivity (Wildman–Crippen MR) is 114 cm³/mol. The highest BCUT2D eigenvalue weighted by Crippen LogP contribution is 2.35. The molecule has 4 N–H and O–H groups in total. The van der Waals surface area contributed by atoms with Gasteiger partial charge in [0.05, 0.1) is 13.2 Å². The lowest BCUT2D eigenvalue weighted by atomic mass is 10.3. The second-order valence-corrected chi connectivity index (χ2v) is 8.37. The van der Waals surface area contributed by atoms with E-state index in [1.54, 1.807) is 25.1 Å². The summed E-state index contributed by atoms with van der Waals surface area (Å²) in [4.78, 5) is 9.65. The summed E-state index contributed by atoms with van der Waals surface area (Å²) < 4.78 is 17.3. The third kappa shape index (κ3) is 5.26. The van der Waals surface area contributed by atoms with Crippen LogP contribution in [0, 0.1) is 13.8 Å². The van der Waals surface area contributed by atoms with Crippen molar-refractivity contribution in [1.82, 2.24) is 19.4 Å². The highest BCUT2D eigenvalue weighted by molar-refractivity contribution is 7.99. The molecule has 0 radical (unpaired) electrons. The van der Waals surface area contributed by atoms with Gasteiger partial charge in [-0.25, -0.2) is 9.97 Å². The number of H-pyrrole nitrogens is 1. The monoisotopic (exact) mass is 453 g/mol. The number of methoxy groups -OCH3 is 1. The zero-order valence-electron chi connectivity index (χ0n) is 17.2. The highest BCUT2D eigenvalue weighted by Gasteiger charge is 2.21. The molecule has 1 atom stereocenters. The molecule has 30 heavy (non-hydrogen) atoms. The number of aromatic nitrogens is 5. The molecule has 0 spiro atoms. The van der Waals surface area contributed by atoms with Crippen molar-refractivity contribution in [2.45, 2.75) is 24.8 Å². The number of anilines is 2. The fourth-order valence-electron chi connectivity index (χ4n) is 2.59. The Morgan fingerprint density at radius 3 is 2.87 bits per heavy atom. The maximum absolute atomic E-state index is 9.71. The van der Waals surface area contributed by atoms with E-state index < -0.39 is 12.7 Å². The Bertz CT molecular complexity index is 993. The van der Waals surface area contributed by atoms with Crippen LogP contribution in [0.25, 0.3) is 0 Å². The van der Waals surface area contributed by atoms with Crippen molar-refractivity contribution in [3.05, 3.63) is 29.5 Å². The van der Waals surface area contributed by atoms with E-state index in [2.05, 4.69) is 24.8 Å². The highest BCUT2D eigenvalue weighted by atomic mass is 32.2.